The summed E-state index contributed by atoms with van der Waals surface area (Å²) in [6.07, 6.45) is 5.56. The summed E-state index contributed by atoms with van der Waals surface area (Å²) in [4.78, 5) is 2.42. The average Bonchev–Trinajstić information content (AvgIpc) is 2.24. The summed E-state index contributed by atoms with van der Waals surface area (Å²) in [6.45, 7) is 4.86. The number of likely N-dealkylation sites (tertiary alicyclic amines) is 1. The van der Waals surface area contributed by atoms with Gasteiger partial charge in [0.2, 0.25) is 0 Å². The fourth-order valence-corrected chi connectivity index (χ4v) is 2.35. The van der Waals surface area contributed by atoms with E-state index in [9.17, 15) is 0 Å². The van der Waals surface area contributed by atoms with Gasteiger partial charge in [-0.2, -0.15) is 0 Å². The van der Waals surface area contributed by atoms with Gasteiger partial charge in [-0.25, -0.2) is 0 Å². The molecule has 0 aromatic heterocycles. The summed E-state index contributed by atoms with van der Waals surface area (Å²) in [5.41, 5.74) is 0.417. The third kappa shape index (κ3) is 1.64. The molecule has 0 aromatic rings. The lowest BCUT2D eigenvalue weighted by Gasteiger charge is -2.36. The predicted molar refractivity (Wildman–Crippen MR) is 51.3 cm³/mol. The van der Waals surface area contributed by atoms with Crippen LogP contribution in [0.1, 0.15) is 32.6 Å². The molecule has 2 nitrogen and oxygen atoms in total. The number of hydrogen-bond donors (Lipinski definition) is 1. The highest BCUT2D eigenvalue weighted by molar-refractivity contribution is 4.96. The first kappa shape index (κ1) is 8.52. The molecule has 0 bridgehead atoms. The second kappa shape index (κ2) is 3.00. The second-order valence-corrected chi connectivity index (χ2v) is 4.82. The first-order valence-corrected chi connectivity index (χ1v) is 5.14. The van der Waals surface area contributed by atoms with Crippen molar-refractivity contribution in [2.45, 2.75) is 44.2 Å². The molecule has 1 aliphatic heterocycles. The average molecular weight is 168 g/mol. The molecule has 0 radical (unpaired) electrons. The summed E-state index contributed by atoms with van der Waals surface area (Å²) >= 11 is 0. The molecule has 1 saturated carbocycles. The Labute approximate surface area is 75.3 Å². The smallest absolute Gasteiger partial charge is 0.0294 e. The van der Waals surface area contributed by atoms with Crippen LogP contribution >= 0.6 is 0 Å². The Morgan fingerprint density at radius 2 is 2.17 bits per heavy atom. The van der Waals surface area contributed by atoms with Crippen LogP contribution in [0.3, 0.4) is 0 Å². The molecule has 2 fully saturated rings. The van der Waals surface area contributed by atoms with E-state index in [-0.39, 0.29) is 0 Å². The van der Waals surface area contributed by atoms with Crippen LogP contribution in [-0.4, -0.2) is 36.6 Å². The lowest BCUT2D eigenvalue weighted by Crippen LogP contribution is -2.52. The van der Waals surface area contributed by atoms with E-state index in [0.717, 1.165) is 6.04 Å². The first-order chi connectivity index (χ1) is 5.68. The van der Waals surface area contributed by atoms with Gasteiger partial charge in [0.05, 0.1) is 0 Å². The first-order valence-electron chi connectivity index (χ1n) is 5.14. The largest absolute Gasteiger partial charge is 0.307 e. The minimum atomic E-state index is 0.417. The fourth-order valence-electron chi connectivity index (χ4n) is 2.35. The predicted octanol–water partition coefficient (Wildman–Crippen LogP) is 1.22. The fraction of sp³-hybridized carbons (Fsp3) is 1.00. The Kier molecular flexibility index (Phi) is 2.13. The summed E-state index contributed by atoms with van der Waals surface area (Å²) in [5.74, 6) is 0. The summed E-state index contributed by atoms with van der Waals surface area (Å²) in [7, 11) is 2.22. The minimum absolute atomic E-state index is 0.417. The molecule has 0 amide bonds. The Morgan fingerprint density at radius 3 is 2.58 bits per heavy atom. The van der Waals surface area contributed by atoms with Crippen LogP contribution < -0.4 is 5.32 Å². The van der Waals surface area contributed by atoms with Gasteiger partial charge in [0.15, 0.2) is 0 Å². The standard InChI is InChI=1S/C10H20N2/c1-10(6-7-12(2)8-10)11-9-4-3-5-9/h9,11H,3-8H2,1-2H3/t10-/m0/s1. The molecule has 1 heterocycles. The maximum atomic E-state index is 3.78. The molecule has 12 heavy (non-hydrogen) atoms. The maximum Gasteiger partial charge on any atom is 0.0294 e. The van der Waals surface area contributed by atoms with E-state index in [2.05, 4.69) is 24.2 Å². The number of nitrogens with one attached hydrogen (secondary N) is 1. The van der Waals surface area contributed by atoms with Gasteiger partial charge in [-0.1, -0.05) is 6.42 Å². The van der Waals surface area contributed by atoms with Crippen molar-refractivity contribution in [1.29, 1.82) is 0 Å². The molecule has 70 valence electrons. The van der Waals surface area contributed by atoms with Crippen molar-refractivity contribution >= 4 is 0 Å². The van der Waals surface area contributed by atoms with Crippen LogP contribution in [-0.2, 0) is 0 Å². The van der Waals surface area contributed by atoms with Gasteiger partial charge < -0.3 is 10.2 Å². The summed E-state index contributed by atoms with van der Waals surface area (Å²) < 4.78 is 0. The van der Waals surface area contributed by atoms with Crippen LogP contribution in [0.25, 0.3) is 0 Å². The normalized spacial score (nSPS) is 38.5. The van der Waals surface area contributed by atoms with Gasteiger partial charge in [0, 0.05) is 18.1 Å². The summed E-state index contributed by atoms with van der Waals surface area (Å²) in [5, 5.41) is 3.78. The van der Waals surface area contributed by atoms with Crippen molar-refractivity contribution in [1.82, 2.24) is 10.2 Å². The number of likely N-dealkylation sites (N-methyl/N-ethyl adjacent to an activating group) is 1. The van der Waals surface area contributed by atoms with Crippen LogP contribution in [0.2, 0.25) is 0 Å². The molecular weight excluding hydrogens is 148 g/mol. The van der Waals surface area contributed by atoms with E-state index >= 15 is 0 Å². The van der Waals surface area contributed by atoms with E-state index < -0.39 is 0 Å². The van der Waals surface area contributed by atoms with Gasteiger partial charge in [-0.15, -0.1) is 0 Å². The van der Waals surface area contributed by atoms with Crippen molar-refractivity contribution in [2.75, 3.05) is 20.1 Å². The Morgan fingerprint density at radius 1 is 1.42 bits per heavy atom. The lowest BCUT2D eigenvalue weighted by atomic mass is 9.89. The molecule has 2 heteroatoms. The molecule has 1 saturated heterocycles. The topological polar surface area (TPSA) is 15.3 Å². The van der Waals surface area contributed by atoms with Gasteiger partial charge in [0.1, 0.15) is 0 Å². The monoisotopic (exact) mass is 168 g/mol. The molecule has 2 aliphatic rings. The summed E-state index contributed by atoms with van der Waals surface area (Å²) in [6, 6.07) is 0.835. The molecule has 0 spiro atoms. The van der Waals surface area contributed by atoms with Gasteiger partial charge in [0.25, 0.3) is 0 Å². The van der Waals surface area contributed by atoms with E-state index in [1.165, 1.54) is 38.8 Å². The Hall–Kier alpha value is -0.0800. The van der Waals surface area contributed by atoms with E-state index in [4.69, 9.17) is 0 Å². The SMILES string of the molecule is CN1CC[C@](C)(NC2CCC2)C1. The zero-order chi connectivity index (χ0) is 8.60. The van der Waals surface area contributed by atoms with E-state index in [1.54, 1.807) is 0 Å². The van der Waals surface area contributed by atoms with Crippen molar-refractivity contribution < 1.29 is 0 Å². The highest BCUT2D eigenvalue weighted by Crippen LogP contribution is 2.25. The number of hydrogen-bond acceptors (Lipinski definition) is 2. The second-order valence-electron chi connectivity index (χ2n) is 4.82. The van der Waals surface area contributed by atoms with E-state index in [0.29, 0.717) is 5.54 Å². The van der Waals surface area contributed by atoms with Crippen LogP contribution in [0.15, 0.2) is 0 Å². The zero-order valence-electron chi connectivity index (χ0n) is 8.27. The van der Waals surface area contributed by atoms with Gasteiger partial charge in [-0.3, -0.25) is 0 Å². The molecular formula is C10H20N2. The molecule has 1 atom stereocenters. The Bertz CT molecular complexity index is 165. The number of nitrogens with zero attached hydrogens (tertiary/aromatic N) is 1. The van der Waals surface area contributed by atoms with Crippen LogP contribution in [0, 0.1) is 0 Å². The van der Waals surface area contributed by atoms with E-state index in [1.807, 2.05) is 0 Å². The third-order valence-electron chi connectivity index (χ3n) is 3.32. The van der Waals surface area contributed by atoms with Crippen molar-refractivity contribution in [3.05, 3.63) is 0 Å². The van der Waals surface area contributed by atoms with Crippen molar-refractivity contribution in [3.8, 4) is 0 Å². The highest BCUT2D eigenvalue weighted by Gasteiger charge is 2.34. The molecule has 0 aromatic carbocycles. The van der Waals surface area contributed by atoms with Crippen molar-refractivity contribution in [3.63, 3.8) is 0 Å². The molecule has 0 unspecified atom stereocenters. The van der Waals surface area contributed by atoms with Crippen LogP contribution in [0.4, 0.5) is 0 Å². The highest BCUT2D eigenvalue weighted by atomic mass is 15.2. The van der Waals surface area contributed by atoms with Gasteiger partial charge in [-0.05, 0) is 39.8 Å². The Balaban J connectivity index is 1.84. The van der Waals surface area contributed by atoms with Gasteiger partial charge >= 0.3 is 0 Å². The quantitative estimate of drug-likeness (QED) is 0.667. The zero-order valence-corrected chi connectivity index (χ0v) is 8.27. The third-order valence-corrected chi connectivity index (χ3v) is 3.32. The number of rotatable bonds is 2. The molecule has 1 aliphatic carbocycles. The van der Waals surface area contributed by atoms with Crippen molar-refractivity contribution in [2.24, 2.45) is 0 Å². The minimum Gasteiger partial charge on any atom is -0.307 e. The maximum absolute atomic E-state index is 3.78. The lowest BCUT2D eigenvalue weighted by molar-refractivity contribution is 0.238. The molecule has 2 rings (SSSR count). The van der Waals surface area contributed by atoms with Crippen LogP contribution in [0.5, 0.6) is 0 Å². The molecule has 1 N–H and O–H groups in total.